The van der Waals surface area contributed by atoms with Crippen LogP contribution >= 0.6 is 11.3 Å². The number of carbonyl (C=O) groups is 1. The standard InChI is InChI=1S/C19H20N2O4S2/c22-19(20-23)17(8-6-14-4-2-1-3-5-14)21-27(24,25)13-15-7-9-18-16(12-15)10-11-26-18/h1-5,7,9-12,17,21,23H,6,8,13H2,(H,20,22)/t17-/m1/s1. The van der Waals surface area contributed by atoms with Gasteiger partial charge in [-0.2, -0.15) is 0 Å². The van der Waals surface area contributed by atoms with E-state index in [-0.39, 0.29) is 12.2 Å². The van der Waals surface area contributed by atoms with Crippen molar-refractivity contribution < 1.29 is 18.4 Å². The Bertz CT molecular complexity index is 1020. The van der Waals surface area contributed by atoms with Gasteiger partial charge in [0.2, 0.25) is 10.0 Å². The van der Waals surface area contributed by atoms with Crippen molar-refractivity contribution >= 4 is 37.4 Å². The van der Waals surface area contributed by atoms with Crippen molar-refractivity contribution in [3.8, 4) is 0 Å². The SMILES string of the molecule is O=C(NO)[C@@H](CCc1ccccc1)NS(=O)(=O)Cc1ccc2sccc2c1. The Morgan fingerprint density at radius 1 is 1.07 bits per heavy atom. The Morgan fingerprint density at radius 2 is 1.85 bits per heavy atom. The summed E-state index contributed by atoms with van der Waals surface area (Å²) < 4.78 is 28.6. The fourth-order valence-electron chi connectivity index (χ4n) is 2.86. The van der Waals surface area contributed by atoms with Crippen LogP contribution in [0.25, 0.3) is 10.1 Å². The third kappa shape index (κ3) is 5.36. The Hall–Kier alpha value is -2.26. The van der Waals surface area contributed by atoms with Crippen molar-refractivity contribution in [3.63, 3.8) is 0 Å². The first-order chi connectivity index (χ1) is 13.0. The van der Waals surface area contributed by atoms with Crippen LogP contribution in [-0.2, 0) is 27.0 Å². The molecule has 27 heavy (non-hydrogen) atoms. The second-order valence-electron chi connectivity index (χ2n) is 6.22. The van der Waals surface area contributed by atoms with E-state index in [0.717, 1.165) is 15.6 Å². The minimum Gasteiger partial charge on any atom is -0.289 e. The van der Waals surface area contributed by atoms with Gasteiger partial charge in [0.25, 0.3) is 5.91 Å². The van der Waals surface area contributed by atoms with Gasteiger partial charge >= 0.3 is 0 Å². The average Bonchev–Trinajstić information content (AvgIpc) is 3.12. The highest BCUT2D eigenvalue weighted by molar-refractivity contribution is 7.88. The van der Waals surface area contributed by atoms with E-state index in [2.05, 4.69) is 4.72 Å². The third-order valence-electron chi connectivity index (χ3n) is 4.19. The quantitative estimate of drug-likeness (QED) is 0.397. The van der Waals surface area contributed by atoms with E-state index in [1.54, 1.807) is 22.9 Å². The van der Waals surface area contributed by atoms with Crippen molar-refractivity contribution in [2.75, 3.05) is 0 Å². The number of hydrogen-bond donors (Lipinski definition) is 3. The maximum Gasteiger partial charge on any atom is 0.261 e. The summed E-state index contributed by atoms with van der Waals surface area (Å²) in [6.07, 6.45) is 0.738. The molecule has 0 saturated heterocycles. The summed E-state index contributed by atoms with van der Waals surface area (Å²) in [5, 5.41) is 11.9. The van der Waals surface area contributed by atoms with Gasteiger partial charge < -0.3 is 0 Å². The maximum atomic E-state index is 12.5. The Kier molecular flexibility index (Phi) is 6.22. The van der Waals surface area contributed by atoms with E-state index in [1.807, 2.05) is 53.9 Å². The molecule has 8 heteroatoms. The van der Waals surface area contributed by atoms with Crippen LogP contribution in [0.4, 0.5) is 0 Å². The van der Waals surface area contributed by atoms with Crippen LogP contribution in [0.15, 0.2) is 60.0 Å². The van der Waals surface area contributed by atoms with Crippen LogP contribution in [0, 0.1) is 0 Å². The Morgan fingerprint density at radius 3 is 2.59 bits per heavy atom. The molecule has 1 heterocycles. The Labute approximate surface area is 161 Å². The fraction of sp³-hybridized carbons (Fsp3) is 0.211. The number of carbonyl (C=O) groups excluding carboxylic acids is 1. The van der Waals surface area contributed by atoms with Crippen LogP contribution in [0.1, 0.15) is 17.5 Å². The molecule has 0 spiro atoms. The molecule has 3 N–H and O–H groups in total. The summed E-state index contributed by atoms with van der Waals surface area (Å²) in [6, 6.07) is 15.8. The number of hydroxylamine groups is 1. The van der Waals surface area contributed by atoms with E-state index in [4.69, 9.17) is 5.21 Å². The molecule has 3 rings (SSSR count). The zero-order valence-corrected chi connectivity index (χ0v) is 16.1. The molecule has 0 radical (unpaired) electrons. The van der Waals surface area contributed by atoms with Gasteiger partial charge in [-0.25, -0.2) is 18.6 Å². The van der Waals surface area contributed by atoms with Crippen molar-refractivity contribution in [2.45, 2.75) is 24.6 Å². The lowest BCUT2D eigenvalue weighted by Gasteiger charge is -2.17. The molecule has 1 atom stereocenters. The molecule has 6 nitrogen and oxygen atoms in total. The van der Waals surface area contributed by atoms with Crippen LogP contribution < -0.4 is 10.2 Å². The first-order valence-electron chi connectivity index (χ1n) is 8.41. The second-order valence-corrected chi connectivity index (χ2v) is 8.92. The minimum absolute atomic E-state index is 0.235. The summed E-state index contributed by atoms with van der Waals surface area (Å²) in [5.41, 5.74) is 3.16. The average molecular weight is 405 g/mol. The van der Waals surface area contributed by atoms with Crippen LogP contribution in [0.5, 0.6) is 0 Å². The summed E-state index contributed by atoms with van der Waals surface area (Å²) in [4.78, 5) is 11.9. The molecule has 0 aliphatic heterocycles. The molecule has 3 aromatic rings. The highest BCUT2D eigenvalue weighted by Crippen LogP contribution is 2.22. The number of rotatable bonds is 8. The molecule has 142 valence electrons. The van der Waals surface area contributed by atoms with Crippen LogP contribution in [0.3, 0.4) is 0 Å². The van der Waals surface area contributed by atoms with Crippen molar-refractivity contribution in [2.24, 2.45) is 0 Å². The Balaban J connectivity index is 1.69. The third-order valence-corrected chi connectivity index (χ3v) is 6.44. The molecule has 2 aromatic carbocycles. The van der Waals surface area contributed by atoms with Gasteiger partial charge in [0.1, 0.15) is 6.04 Å². The van der Waals surface area contributed by atoms with Gasteiger partial charge in [0.05, 0.1) is 5.75 Å². The number of benzene rings is 2. The normalized spacial score (nSPS) is 12.8. The summed E-state index contributed by atoms with van der Waals surface area (Å²) in [6.45, 7) is 0. The predicted octanol–water partition coefficient (Wildman–Crippen LogP) is 2.83. The predicted molar refractivity (Wildman–Crippen MR) is 106 cm³/mol. The summed E-state index contributed by atoms with van der Waals surface area (Å²) in [5.74, 6) is -1.01. The van der Waals surface area contributed by atoms with Gasteiger partial charge in [0.15, 0.2) is 0 Å². The van der Waals surface area contributed by atoms with E-state index in [1.165, 1.54) is 0 Å². The number of aryl methyl sites for hydroxylation is 1. The van der Waals surface area contributed by atoms with E-state index in [0.29, 0.717) is 12.0 Å². The van der Waals surface area contributed by atoms with E-state index in [9.17, 15) is 13.2 Å². The molecular weight excluding hydrogens is 384 g/mol. The maximum absolute atomic E-state index is 12.5. The lowest BCUT2D eigenvalue weighted by molar-refractivity contribution is -0.131. The molecule has 1 aromatic heterocycles. The lowest BCUT2D eigenvalue weighted by Crippen LogP contribution is -2.46. The molecule has 0 unspecified atom stereocenters. The van der Waals surface area contributed by atoms with Gasteiger partial charge in [0, 0.05) is 4.70 Å². The van der Waals surface area contributed by atoms with Crippen LogP contribution in [-0.4, -0.2) is 25.6 Å². The van der Waals surface area contributed by atoms with Gasteiger partial charge in [-0.1, -0.05) is 36.4 Å². The molecule has 0 aliphatic carbocycles. The number of thiophene rings is 1. The highest BCUT2D eigenvalue weighted by atomic mass is 32.2. The monoisotopic (exact) mass is 404 g/mol. The first-order valence-corrected chi connectivity index (χ1v) is 10.9. The molecule has 0 aliphatic rings. The molecule has 0 bridgehead atoms. The smallest absolute Gasteiger partial charge is 0.261 e. The highest BCUT2D eigenvalue weighted by Gasteiger charge is 2.24. The number of fused-ring (bicyclic) bond motifs is 1. The van der Waals surface area contributed by atoms with Crippen molar-refractivity contribution in [1.82, 2.24) is 10.2 Å². The molecule has 1 amide bonds. The van der Waals surface area contributed by atoms with Gasteiger partial charge in [-0.05, 0) is 52.9 Å². The molecular formula is C19H20N2O4S2. The number of nitrogens with one attached hydrogen (secondary N) is 2. The number of amides is 1. The second kappa shape index (κ2) is 8.62. The van der Waals surface area contributed by atoms with E-state index >= 15 is 0 Å². The number of sulfonamides is 1. The van der Waals surface area contributed by atoms with Gasteiger partial charge in [-0.15, -0.1) is 11.3 Å². The largest absolute Gasteiger partial charge is 0.289 e. The van der Waals surface area contributed by atoms with Crippen molar-refractivity contribution in [1.29, 1.82) is 0 Å². The molecule has 0 saturated carbocycles. The zero-order valence-electron chi connectivity index (χ0n) is 14.5. The number of hydrogen-bond acceptors (Lipinski definition) is 5. The zero-order chi connectivity index (χ0) is 19.3. The van der Waals surface area contributed by atoms with Crippen molar-refractivity contribution in [3.05, 3.63) is 71.1 Å². The van der Waals surface area contributed by atoms with Crippen LogP contribution in [0.2, 0.25) is 0 Å². The molecule has 0 fully saturated rings. The first kappa shape index (κ1) is 19.5. The summed E-state index contributed by atoms with van der Waals surface area (Å²) >= 11 is 1.59. The topological polar surface area (TPSA) is 95.5 Å². The lowest BCUT2D eigenvalue weighted by atomic mass is 10.1. The van der Waals surface area contributed by atoms with E-state index < -0.39 is 22.0 Å². The fourth-order valence-corrected chi connectivity index (χ4v) is 4.99. The van der Waals surface area contributed by atoms with Gasteiger partial charge in [-0.3, -0.25) is 10.0 Å². The summed E-state index contributed by atoms with van der Waals surface area (Å²) in [7, 11) is -3.76. The minimum atomic E-state index is -3.76.